The average Bonchev–Trinajstić information content (AvgIpc) is 2.32. The van der Waals surface area contributed by atoms with E-state index in [1.165, 1.54) is 12.1 Å². The van der Waals surface area contributed by atoms with Crippen molar-refractivity contribution < 1.29 is 19.3 Å². The molecule has 0 aromatic carbocycles. The van der Waals surface area contributed by atoms with Crippen molar-refractivity contribution in [2.45, 2.75) is 0 Å². The molecule has 1 radical (unpaired) electrons. The predicted molar refractivity (Wildman–Crippen MR) is 52.3 cm³/mol. The molecule has 9 heteroatoms. The van der Waals surface area contributed by atoms with Gasteiger partial charge in [0.1, 0.15) is 26.4 Å². The Morgan fingerprint density at radius 3 is 1.53 bits per heavy atom. The second kappa shape index (κ2) is 7.36. The van der Waals surface area contributed by atoms with Crippen LogP contribution in [0, 0.1) is 22.7 Å². The van der Waals surface area contributed by atoms with Gasteiger partial charge in [0.25, 0.3) is 0 Å². The molecule has 0 aliphatic rings. The van der Waals surface area contributed by atoms with E-state index >= 15 is 0 Å². The van der Waals surface area contributed by atoms with Gasteiger partial charge in [0.05, 0.1) is 0 Å². The molecule has 0 saturated carbocycles. The highest BCUT2D eigenvalue weighted by Crippen LogP contribution is 1.85. The lowest BCUT2D eigenvalue weighted by atomic mass is 10.3. The number of oxime groups is 2. The molecule has 0 N–H and O–H groups in total. The first-order valence-corrected chi connectivity index (χ1v) is 3.93. The zero-order valence-corrected chi connectivity index (χ0v) is 8.87. The summed E-state index contributed by atoms with van der Waals surface area (Å²) in [6, 6.07) is 2.75. The minimum Gasteiger partial charge on any atom is -0.398 e. The number of hydrogen-bond acceptors (Lipinski definition) is 8. The SMILES string of the molecule is CON=C(C#N)C(=O)[N]C(=O)C(C#N)=NOC. The van der Waals surface area contributed by atoms with Gasteiger partial charge in [0.15, 0.2) is 0 Å². The summed E-state index contributed by atoms with van der Waals surface area (Å²) in [4.78, 5) is 30.7. The van der Waals surface area contributed by atoms with Crippen molar-refractivity contribution in [3.8, 4) is 12.1 Å². The van der Waals surface area contributed by atoms with E-state index in [0.29, 0.717) is 0 Å². The van der Waals surface area contributed by atoms with E-state index in [0.717, 1.165) is 14.2 Å². The lowest BCUT2D eigenvalue weighted by Gasteiger charge is -1.96. The van der Waals surface area contributed by atoms with Crippen LogP contribution in [-0.4, -0.2) is 37.5 Å². The van der Waals surface area contributed by atoms with Crippen LogP contribution in [0.2, 0.25) is 0 Å². The molecule has 0 fully saturated rings. The quantitative estimate of drug-likeness (QED) is 0.438. The lowest BCUT2D eigenvalue weighted by molar-refractivity contribution is -0.123. The third kappa shape index (κ3) is 4.40. The summed E-state index contributed by atoms with van der Waals surface area (Å²) in [5.74, 6) is -2.48. The Morgan fingerprint density at radius 1 is 0.941 bits per heavy atom. The Morgan fingerprint density at radius 2 is 1.29 bits per heavy atom. The molecule has 0 rings (SSSR count). The maximum absolute atomic E-state index is 11.2. The molecule has 0 atom stereocenters. The van der Waals surface area contributed by atoms with E-state index in [1.54, 1.807) is 0 Å². The van der Waals surface area contributed by atoms with Crippen LogP contribution in [0.5, 0.6) is 0 Å². The number of imide groups is 1. The molecule has 0 bridgehead atoms. The van der Waals surface area contributed by atoms with Gasteiger partial charge in [-0.2, -0.15) is 15.8 Å². The number of amides is 2. The van der Waals surface area contributed by atoms with E-state index in [-0.39, 0.29) is 0 Å². The van der Waals surface area contributed by atoms with Crippen LogP contribution in [0.25, 0.3) is 0 Å². The second-order valence-electron chi connectivity index (χ2n) is 2.19. The smallest absolute Gasteiger partial charge is 0.313 e. The maximum Gasteiger partial charge on any atom is 0.313 e. The van der Waals surface area contributed by atoms with Crippen molar-refractivity contribution in [2.75, 3.05) is 14.2 Å². The molecule has 0 aromatic rings. The van der Waals surface area contributed by atoms with Crippen molar-refractivity contribution >= 4 is 23.2 Å². The van der Waals surface area contributed by atoms with Gasteiger partial charge in [0, 0.05) is 0 Å². The molecule has 0 unspecified atom stereocenters. The molecule has 87 valence electrons. The van der Waals surface area contributed by atoms with Gasteiger partial charge in [-0.25, -0.2) is 0 Å². The van der Waals surface area contributed by atoms with Crippen LogP contribution < -0.4 is 5.32 Å². The van der Waals surface area contributed by atoms with E-state index in [4.69, 9.17) is 10.5 Å². The van der Waals surface area contributed by atoms with E-state index in [9.17, 15) is 9.59 Å². The highest BCUT2D eigenvalue weighted by atomic mass is 16.6. The van der Waals surface area contributed by atoms with E-state index in [1.807, 2.05) is 0 Å². The van der Waals surface area contributed by atoms with Crippen LogP contribution in [-0.2, 0) is 19.3 Å². The average molecular weight is 236 g/mol. The Hall–Kier alpha value is -2.94. The first-order chi connectivity index (χ1) is 8.10. The van der Waals surface area contributed by atoms with Gasteiger partial charge >= 0.3 is 11.8 Å². The fourth-order valence-corrected chi connectivity index (χ4v) is 0.595. The van der Waals surface area contributed by atoms with Gasteiger partial charge in [-0.15, -0.1) is 0 Å². The van der Waals surface area contributed by atoms with Gasteiger partial charge in [-0.05, 0) is 0 Å². The number of carbonyl (C=O) groups excluding carboxylic acids is 2. The van der Waals surface area contributed by atoms with Gasteiger partial charge in [-0.3, -0.25) is 9.59 Å². The van der Waals surface area contributed by atoms with Crippen molar-refractivity contribution in [3.05, 3.63) is 0 Å². The lowest BCUT2D eigenvalue weighted by Crippen LogP contribution is -2.33. The fraction of sp³-hybridized carbons (Fsp3) is 0.250. The Bertz CT molecular complexity index is 412. The summed E-state index contributed by atoms with van der Waals surface area (Å²) in [6.07, 6.45) is 0. The molecular weight excluding hydrogens is 230 g/mol. The Kier molecular flexibility index (Phi) is 6.09. The van der Waals surface area contributed by atoms with Crippen LogP contribution in [0.15, 0.2) is 10.3 Å². The first-order valence-electron chi connectivity index (χ1n) is 3.93. The van der Waals surface area contributed by atoms with Gasteiger partial charge in [0.2, 0.25) is 11.4 Å². The van der Waals surface area contributed by atoms with Crippen molar-refractivity contribution in [1.29, 1.82) is 10.5 Å². The number of nitrogens with zero attached hydrogens (tertiary/aromatic N) is 5. The molecule has 0 spiro atoms. The number of hydrogen-bond donors (Lipinski definition) is 0. The minimum atomic E-state index is -1.24. The molecule has 2 amide bonds. The first kappa shape index (κ1) is 14.1. The van der Waals surface area contributed by atoms with Crippen LogP contribution in [0.1, 0.15) is 0 Å². The van der Waals surface area contributed by atoms with Crippen LogP contribution in [0.4, 0.5) is 0 Å². The molecule has 17 heavy (non-hydrogen) atoms. The Balaban J connectivity index is 4.78. The number of rotatable bonds is 4. The van der Waals surface area contributed by atoms with Crippen LogP contribution >= 0.6 is 0 Å². The molecule has 0 aliphatic heterocycles. The standard InChI is InChI=1S/C8H6N5O4/c1-16-12-5(3-9)7(14)11-8(15)6(4-10)13-17-2/h1-2H3. The topological polar surface area (TPSA) is 139 Å². The molecule has 0 saturated heterocycles. The predicted octanol–water partition coefficient (Wildman–Crippen LogP) is -1.30. The van der Waals surface area contributed by atoms with Crippen LogP contribution in [0.3, 0.4) is 0 Å². The Labute approximate surface area is 95.9 Å². The van der Waals surface area contributed by atoms with Gasteiger partial charge < -0.3 is 9.68 Å². The normalized spacial score (nSPS) is 10.8. The third-order valence-corrected chi connectivity index (χ3v) is 1.19. The third-order valence-electron chi connectivity index (χ3n) is 1.19. The monoisotopic (exact) mass is 236 g/mol. The van der Waals surface area contributed by atoms with E-state index < -0.39 is 23.2 Å². The molecule has 0 heterocycles. The fourth-order valence-electron chi connectivity index (χ4n) is 0.595. The zero-order chi connectivity index (χ0) is 13.3. The number of carbonyl (C=O) groups is 2. The molecule has 9 nitrogen and oxygen atoms in total. The minimum absolute atomic E-state index is 0.726. The van der Waals surface area contributed by atoms with Crippen molar-refractivity contribution in [2.24, 2.45) is 10.3 Å². The summed E-state index contributed by atoms with van der Waals surface area (Å²) in [6.45, 7) is 0. The molecule has 0 aromatic heterocycles. The summed E-state index contributed by atoms with van der Waals surface area (Å²) >= 11 is 0. The summed E-state index contributed by atoms with van der Waals surface area (Å²) in [5, 5.41) is 25.9. The highest BCUT2D eigenvalue weighted by Gasteiger charge is 2.22. The zero-order valence-electron chi connectivity index (χ0n) is 8.87. The summed E-state index contributed by atoms with van der Waals surface area (Å²) < 4.78 is 0. The highest BCUT2D eigenvalue weighted by molar-refractivity contribution is 6.54. The number of nitriles is 2. The second-order valence-corrected chi connectivity index (χ2v) is 2.19. The van der Waals surface area contributed by atoms with Gasteiger partial charge in [-0.1, -0.05) is 10.3 Å². The largest absolute Gasteiger partial charge is 0.398 e. The van der Waals surface area contributed by atoms with E-state index in [2.05, 4.69) is 25.3 Å². The van der Waals surface area contributed by atoms with Crippen molar-refractivity contribution in [1.82, 2.24) is 5.32 Å². The summed E-state index contributed by atoms with van der Waals surface area (Å²) in [5.41, 5.74) is -1.45. The summed E-state index contributed by atoms with van der Waals surface area (Å²) in [7, 11) is 2.22. The van der Waals surface area contributed by atoms with Crippen molar-refractivity contribution in [3.63, 3.8) is 0 Å². The molecular formula is C8H6N5O4. The maximum atomic E-state index is 11.2. The molecule has 0 aliphatic carbocycles.